The highest BCUT2D eigenvalue weighted by molar-refractivity contribution is 5.42. The highest BCUT2D eigenvalue weighted by Crippen LogP contribution is 2.20. The van der Waals surface area contributed by atoms with Crippen LogP contribution in [-0.4, -0.2) is 6.61 Å². The van der Waals surface area contributed by atoms with Crippen LogP contribution in [0.2, 0.25) is 0 Å². The summed E-state index contributed by atoms with van der Waals surface area (Å²) in [6.07, 6.45) is 2.10. The molecule has 0 amide bonds. The molecule has 0 aliphatic rings. The van der Waals surface area contributed by atoms with E-state index in [2.05, 4.69) is 13.8 Å². The van der Waals surface area contributed by atoms with Crippen LogP contribution in [0.25, 0.3) is 0 Å². The molecule has 0 bridgehead atoms. The van der Waals surface area contributed by atoms with Gasteiger partial charge in [-0.05, 0) is 18.1 Å². The van der Waals surface area contributed by atoms with E-state index in [1.165, 1.54) is 6.07 Å². The van der Waals surface area contributed by atoms with Crippen LogP contribution in [0.15, 0.2) is 18.2 Å². The summed E-state index contributed by atoms with van der Waals surface area (Å²) in [7, 11) is 0. The molecule has 84 valence electrons. The Morgan fingerprint density at radius 1 is 1.33 bits per heavy atom. The van der Waals surface area contributed by atoms with Crippen molar-refractivity contribution in [2.24, 2.45) is 5.92 Å². The van der Waals surface area contributed by atoms with Crippen molar-refractivity contribution in [1.29, 1.82) is 0 Å². The van der Waals surface area contributed by atoms with E-state index in [-0.39, 0.29) is 11.6 Å². The van der Waals surface area contributed by atoms with E-state index in [9.17, 15) is 4.39 Å². The second-order valence-corrected chi connectivity index (χ2v) is 3.68. The van der Waals surface area contributed by atoms with E-state index >= 15 is 0 Å². The lowest BCUT2D eigenvalue weighted by Gasteiger charge is -2.14. The lowest BCUT2D eigenvalue weighted by atomic mass is 10.1. The maximum Gasteiger partial charge on any atom is 0.167 e. The normalized spacial score (nSPS) is 10.7. The smallest absolute Gasteiger partial charge is 0.167 e. The minimum absolute atomic E-state index is 0.288. The molecular weight excluding hydrogens is 193 g/mol. The molecule has 0 spiro atoms. The minimum Gasteiger partial charge on any atom is -0.490 e. The van der Waals surface area contributed by atoms with Gasteiger partial charge in [-0.1, -0.05) is 26.7 Å². The molecule has 1 rings (SSSR count). The maximum absolute atomic E-state index is 13.3. The third-order valence-electron chi connectivity index (χ3n) is 2.59. The molecule has 15 heavy (non-hydrogen) atoms. The van der Waals surface area contributed by atoms with Gasteiger partial charge in [-0.15, -0.1) is 0 Å². The number of hydrogen-bond acceptors (Lipinski definition) is 2. The summed E-state index contributed by atoms with van der Waals surface area (Å²) in [6, 6.07) is 4.50. The fourth-order valence-electron chi connectivity index (χ4n) is 1.37. The summed E-state index contributed by atoms with van der Waals surface area (Å²) < 4.78 is 18.7. The van der Waals surface area contributed by atoms with Gasteiger partial charge in [-0.25, -0.2) is 4.39 Å². The van der Waals surface area contributed by atoms with Crippen LogP contribution >= 0.6 is 0 Å². The highest BCUT2D eigenvalue weighted by atomic mass is 19.1. The summed E-state index contributed by atoms with van der Waals surface area (Å²) in [5.74, 6) is 0.388. The number of nitrogens with two attached hydrogens (primary N) is 1. The van der Waals surface area contributed by atoms with E-state index in [1.807, 2.05) is 0 Å². The standard InChI is InChI=1S/C12H18FNO/c1-3-9(4-2)8-15-12-6-5-10(14)7-11(12)13/h5-7,9H,3-4,8,14H2,1-2H3. The molecule has 0 heterocycles. The first-order valence-corrected chi connectivity index (χ1v) is 5.35. The zero-order valence-electron chi connectivity index (χ0n) is 9.29. The largest absolute Gasteiger partial charge is 0.490 e. The molecule has 2 N–H and O–H groups in total. The van der Waals surface area contributed by atoms with Crippen molar-refractivity contribution < 1.29 is 9.13 Å². The van der Waals surface area contributed by atoms with Gasteiger partial charge in [0.25, 0.3) is 0 Å². The average Bonchev–Trinajstić information content (AvgIpc) is 2.22. The summed E-state index contributed by atoms with van der Waals surface area (Å²) in [5.41, 5.74) is 5.86. The Bertz CT molecular complexity index is 310. The zero-order valence-corrected chi connectivity index (χ0v) is 9.29. The maximum atomic E-state index is 13.3. The van der Waals surface area contributed by atoms with Gasteiger partial charge in [0, 0.05) is 11.8 Å². The molecule has 0 unspecified atom stereocenters. The van der Waals surface area contributed by atoms with Crippen LogP contribution in [0.4, 0.5) is 10.1 Å². The molecule has 0 saturated heterocycles. The van der Waals surface area contributed by atoms with Crippen LogP contribution in [0.3, 0.4) is 0 Å². The number of nitrogen functional groups attached to an aromatic ring is 1. The first kappa shape index (κ1) is 11.8. The summed E-state index contributed by atoms with van der Waals surface area (Å²) >= 11 is 0. The molecule has 0 fully saturated rings. The van der Waals surface area contributed by atoms with Gasteiger partial charge in [-0.2, -0.15) is 0 Å². The number of ether oxygens (including phenoxy) is 1. The lowest BCUT2D eigenvalue weighted by Crippen LogP contribution is -2.10. The second kappa shape index (κ2) is 5.59. The zero-order chi connectivity index (χ0) is 11.3. The van der Waals surface area contributed by atoms with Crippen molar-refractivity contribution in [1.82, 2.24) is 0 Å². The third kappa shape index (κ3) is 3.42. The molecule has 2 nitrogen and oxygen atoms in total. The van der Waals surface area contributed by atoms with Gasteiger partial charge < -0.3 is 10.5 Å². The van der Waals surface area contributed by atoms with Gasteiger partial charge >= 0.3 is 0 Å². The molecule has 0 aliphatic carbocycles. The van der Waals surface area contributed by atoms with Crippen molar-refractivity contribution in [3.05, 3.63) is 24.0 Å². The number of anilines is 1. The van der Waals surface area contributed by atoms with Gasteiger partial charge in [0.1, 0.15) is 0 Å². The van der Waals surface area contributed by atoms with E-state index in [1.54, 1.807) is 12.1 Å². The molecule has 0 radical (unpaired) electrons. The molecule has 0 aromatic heterocycles. The minimum atomic E-state index is -0.388. The molecule has 0 aliphatic heterocycles. The van der Waals surface area contributed by atoms with E-state index in [0.29, 0.717) is 18.2 Å². The van der Waals surface area contributed by atoms with Crippen molar-refractivity contribution in [2.75, 3.05) is 12.3 Å². The molecular formula is C12H18FNO. The van der Waals surface area contributed by atoms with Crippen LogP contribution in [0.5, 0.6) is 5.75 Å². The SMILES string of the molecule is CCC(CC)COc1ccc(N)cc1F. The van der Waals surface area contributed by atoms with Crippen molar-refractivity contribution in [3.63, 3.8) is 0 Å². The quantitative estimate of drug-likeness (QED) is 0.759. The Morgan fingerprint density at radius 3 is 2.53 bits per heavy atom. The topological polar surface area (TPSA) is 35.2 Å². The summed E-state index contributed by atoms with van der Waals surface area (Å²) in [6.45, 7) is 4.78. The predicted molar refractivity (Wildman–Crippen MR) is 60.4 cm³/mol. The van der Waals surface area contributed by atoms with Crippen LogP contribution < -0.4 is 10.5 Å². The molecule has 0 atom stereocenters. The van der Waals surface area contributed by atoms with E-state index < -0.39 is 0 Å². The fourth-order valence-corrected chi connectivity index (χ4v) is 1.37. The number of benzene rings is 1. The van der Waals surface area contributed by atoms with Crippen molar-refractivity contribution in [3.8, 4) is 5.75 Å². The Balaban J connectivity index is 2.57. The number of hydrogen-bond donors (Lipinski definition) is 1. The van der Waals surface area contributed by atoms with Gasteiger partial charge in [0.15, 0.2) is 11.6 Å². The molecule has 3 heteroatoms. The molecule has 0 saturated carbocycles. The highest BCUT2D eigenvalue weighted by Gasteiger charge is 2.07. The van der Waals surface area contributed by atoms with Crippen molar-refractivity contribution in [2.45, 2.75) is 26.7 Å². The van der Waals surface area contributed by atoms with E-state index in [4.69, 9.17) is 10.5 Å². The molecule has 1 aromatic carbocycles. The summed E-state index contributed by atoms with van der Waals surface area (Å²) in [5, 5.41) is 0. The van der Waals surface area contributed by atoms with Crippen LogP contribution in [0, 0.1) is 11.7 Å². The lowest BCUT2D eigenvalue weighted by molar-refractivity contribution is 0.231. The third-order valence-corrected chi connectivity index (χ3v) is 2.59. The first-order valence-electron chi connectivity index (χ1n) is 5.35. The number of rotatable bonds is 5. The molecule has 1 aromatic rings. The van der Waals surface area contributed by atoms with Gasteiger partial charge in [0.2, 0.25) is 0 Å². The average molecular weight is 211 g/mol. The van der Waals surface area contributed by atoms with Crippen LogP contribution in [0.1, 0.15) is 26.7 Å². The monoisotopic (exact) mass is 211 g/mol. The predicted octanol–water partition coefficient (Wildman–Crippen LogP) is 3.22. The van der Waals surface area contributed by atoms with E-state index in [0.717, 1.165) is 12.8 Å². The second-order valence-electron chi connectivity index (χ2n) is 3.68. The summed E-state index contributed by atoms with van der Waals surface area (Å²) in [4.78, 5) is 0. The van der Waals surface area contributed by atoms with Gasteiger partial charge in [0.05, 0.1) is 6.61 Å². The van der Waals surface area contributed by atoms with Crippen molar-refractivity contribution >= 4 is 5.69 Å². The Morgan fingerprint density at radius 2 is 2.00 bits per heavy atom. The first-order chi connectivity index (χ1) is 7.17. The Hall–Kier alpha value is -1.25. The Labute approximate surface area is 90.2 Å². The Kier molecular flexibility index (Phi) is 4.40. The fraction of sp³-hybridized carbons (Fsp3) is 0.500. The van der Waals surface area contributed by atoms with Gasteiger partial charge in [-0.3, -0.25) is 0 Å². The number of halogens is 1. The van der Waals surface area contributed by atoms with Crippen LogP contribution in [-0.2, 0) is 0 Å².